The molecular weight excluding hydrogens is 406 g/mol. The van der Waals surface area contributed by atoms with Crippen LogP contribution in [0.4, 0.5) is 0 Å². The van der Waals surface area contributed by atoms with Crippen LogP contribution >= 0.6 is 45.2 Å². The molecule has 76 valence electrons. The molecule has 0 fully saturated rings. The van der Waals surface area contributed by atoms with Crippen molar-refractivity contribution < 1.29 is 9.90 Å². The predicted molar refractivity (Wildman–Crippen MR) is 73.6 cm³/mol. The van der Waals surface area contributed by atoms with Gasteiger partial charge in [0.1, 0.15) is 0 Å². The molecule has 0 amide bonds. The Bertz CT molecular complexity index is 361. The van der Waals surface area contributed by atoms with Crippen LogP contribution in [0.3, 0.4) is 0 Å². The van der Waals surface area contributed by atoms with Crippen LogP contribution in [0, 0.1) is 6.92 Å². The third-order valence-electron chi connectivity index (χ3n) is 2.16. The Morgan fingerprint density at radius 1 is 1.29 bits per heavy atom. The Labute approximate surface area is 110 Å². The zero-order valence-corrected chi connectivity index (χ0v) is 12.0. The Morgan fingerprint density at radius 2 is 1.86 bits per heavy atom. The summed E-state index contributed by atoms with van der Waals surface area (Å²) >= 11 is 4.48. The number of hydrogen-bond acceptors (Lipinski definition) is 1. The molecule has 0 bridgehead atoms. The largest absolute Gasteiger partial charge is 0.478 e. The van der Waals surface area contributed by atoms with Gasteiger partial charge in [0.05, 0.1) is 5.56 Å². The molecule has 0 heterocycles. The van der Waals surface area contributed by atoms with Crippen LogP contribution in [-0.4, -0.2) is 11.1 Å². The SMILES string of the molecule is Cc1ccc(C(=O)O)c(CI)c1CI. The lowest BCUT2D eigenvalue weighted by Gasteiger charge is -2.11. The maximum Gasteiger partial charge on any atom is 0.336 e. The van der Waals surface area contributed by atoms with Gasteiger partial charge < -0.3 is 5.11 Å². The number of aryl methyl sites for hydroxylation is 1. The molecule has 0 aliphatic rings. The van der Waals surface area contributed by atoms with Gasteiger partial charge in [-0.25, -0.2) is 4.79 Å². The zero-order valence-electron chi connectivity index (χ0n) is 7.68. The number of halogens is 2. The van der Waals surface area contributed by atoms with Gasteiger partial charge >= 0.3 is 5.97 Å². The smallest absolute Gasteiger partial charge is 0.336 e. The molecule has 0 aliphatic heterocycles. The van der Waals surface area contributed by atoms with Crippen LogP contribution in [0.1, 0.15) is 27.0 Å². The monoisotopic (exact) mass is 416 g/mol. The molecule has 0 atom stereocenters. The van der Waals surface area contributed by atoms with Gasteiger partial charge in [0.15, 0.2) is 0 Å². The van der Waals surface area contributed by atoms with E-state index in [9.17, 15) is 4.79 Å². The van der Waals surface area contributed by atoms with Gasteiger partial charge in [-0.1, -0.05) is 51.2 Å². The van der Waals surface area contributed by atoms with Gasteiger partial charge in [-0.15, -0.1) is 0 Å². The first-order chi connectivity index (χ1) is 6.61. The lowest BCUT2D eigenvalue weighted by molar-refractivity contribution is 0.0696. The summed E-state index contributed by atoms with van der Waals surface area (Å²) in [5.74, 6) is -0.831. The fourth-order valence-electron chi connectivity index (χ4n) is 1.35. The minimum absolute atomic E-state index is 0.441. The van der Waals surface area contributed by atoms with Crippen LogP contribution < -0.4 is 0 Å². The van der Waals surface area contributed by atoms with Crippen LogP contribution in [0.25, 0.3) is 0 Å². The maximum atomic E-state index is 11.0. The third-order valence-corrected chi connectivity index (χ3v) is 3.69. The van der Waals surface area contributed by atoms with E-state index in [0.29, 0.717) is 5.56 Å². The highest BCUT2D eigenvalue weighted by atomic mass is 127. The summed E-state index contributed by atoms with van der Waals surface area (Å²) in [5.41, 5.74) is 3.75. The maximum absolute atomic E-state index is 11.0. The van der Waals surface area contributed by atoms with Gasteiger partial charge in [-0.3, -0.25) is 0 Å². The van der Waals surface area contributed by atoms with Crippen molar-refractivity contribution in [3.63, 3.8) is 0 Å². The summed E-state index contributed by atoms with van der Waals surface area (Å²) in [6, 6.07) is 3.58. The molecule has 1 N–H and O–H groups in total. The second-order valence-corrected chi connectivity index (χ2v) is 4.49. The Balaban J connectivity index is 3.40. The highest BCUT2D eigenvalue weighted by Crippen LogP contribution is 2.24. The highest BCUT2D eigenvalue weighted by molar-refractivity contribution is 14.1. The van der Waals surface area contributed by atoms with Crippen molar-refractivity contribution in [2.45, 2.75) is 15.8 Å². The Morgan fingerprint density at radius 3 is 2.29 bits per heavy atom. The normalized spacial score (nSPS) is 10.2. The molecule has 4 heteroatoms. The molecule has 14 heavy (non-hydrogen) atoms. The Kier molecular flexibility index (Phi) is 4.62. The summed E-state index contributed by atoms with van der Waals surface area (Å²) in [6.45, 7) is 2.02. The molecule has 0 aromatic heterocycles. The quantitative estimate of drug-likeness (QED) is 0.605. The Hall–Kier alpha value is 0.150. The molecule has 0 radical (unpaired) electrons. The first-order valence-electron chi connectivity index (χ1n) is 4.08. The molecular formula is C10H10I2O2. The summed E-state index contributed by atoms with van der Waals surface area (Å²) in [7, 11) is 0. The molecule has 2 nitrogen and oxygen atoms in total. The van der Waals surface area contributed by atoms with Gasteiger partial charge in [0.25, 0.3) is 0 Å². The first kappa shape index (κ1) is 12.2. The van der Waals surface area contributed by atoms with E-state index in [1.807, 2.05) is 13.0 Å². The lowest BCUT2D eigenvalue weighted by Crippen LogP contribution is -2.05. The van der Waals surface area contributed by atoms with Crippen LogP contribution in [0.2, 0.25) is 0 Å². The second-order valence-electron chi connectivity index (χ2n) is 2.96. The van der Waals surface area contributed by atoms with E-state index in [2.05, 4.69) is 45.2 Å². The van der Waals surface area contributed by atoms with E-state index in [-0.39, 0.29) is 0 Å². The number of carboxylic acid groups (broad SMARTS) is 1. The van der Waals surface area contributed by atoms with E-state index in [4.69, 9.17) is 5.11 Å². The molecule has 0 unspecified atom stereocenters. The molecule has 0 saturated carbocycles. The minimum atomic E-state index is -0.831. The van der Waals surface area contributed by atoms with Crippen molar-refractivity contribution in [2.24, 2.45) is 0 Å². The van der Waals surface area contributed by atoms with Gasteiger partial charge in [-0.05, 0) is 29.7 Å². The number of aromatic carboxylic acids is 1. The van der Waals surface area contributed by atoms with Crippen molar-refractivity contribution in [3.05, 3.63) is 34.4 Å². The number of rotatable bonds is 3. The number of hydrogen-bond donors (Lipinski definition) is 1. The van der Waals surface area contributed by atoms with Crippen LogP contribution in [0.5, 0.6) is 0 Å². The zero-order chi connectivity index (χ0) is 10.7. The van der Waals surface area contributed by atoms with E-state index < -0.39 is 5.97 Å². The van der Waals surface area contributed by atoms with Crippen LogP contribution in [-0.2, 0) is 8.86 Å². The third kappa shape index (κ3) is 2.39. The number of carboxylic acids is 1. The van der Waals surface area contributed by atoms with E-state index in [1.54, 1.807) is 6.07 Å². The van der Waals surface area contributed by atoms with Crippen molar-refractivity contribution in [1.29, 1.82) is 0 Å². The summed E-state index contributed by atoms with van der Waals surface area (Å²) < 4.78 is 1.61. The predicted octanol–water partition coefficient (Wildman–Crippen LogP) is 3.56. The van der Waals surface area contributed by atoms with E-state index in [0.717, 1.165) is 14.4 Å². The summed E-state index contributed by atoms with van der Waals surface area (Å²) in [4.78, 5) is 11.0. The van der Waals surface area contributed by atoms with E-state index in [1.165, 1.54) is 11.1 Å². The molecule has 1 rings (SSSR count). The van der Waals surface area contributed by atoms with Crippen molar-refractivity contribution in [3.8, 4) is 0 Å². The molecule has 1 aromatic rings. The van der Waals surface area contributed by atoms with Crippen molar-refractivity contribution in [1.82, 2.24) is 0 Å². The highest BCUT2D eigenvalue weighted by Gasteiger charge is 2.13. The number of alkyl halides is 2. The fraction of sp³-hybridized carbons (Fsp3) is 0.300. The molecule has 1 aromatic carbocycles. The topological polar surface area (TPSA) is 37.3 Å². The average Bonchev–Trinajstić information content (AvgIpc) is 2.16. The average molecular weight is 416 g/mol. The molecule has 0 aliphatic carbocycles. The lowest BCUT2D eigenvalue weighted by atomic mass is 9.99. The molecule has 0 spiro atoms. The van der Waals surface area contributed by atoms with Gasteiger partial charge in [0.2, 0.25) is 0 Å². The number of benzene rings is 1. The van der Waals surface area contributed by atoms with E-state index >= 15 is 0 Å². The standard InChI is InChI=1S/C10H10I2O2/c1-6-2-3-7(10(13)14)9(5-12)8(6)4-11/h2-3H,4-5H2,1H3,(H,13,14). The minimum Gasteiger partial charge on any atom is -0.478 e. The summed E-state index contributed by atoms with van der Waals surface area (Å²) in [5, 5.41) is 9.00. The second kappa shape index (κ2) is 5.29. The van der Waals surface area contributed by atoms with Crippen molar-refractivity contribution in [2.75, 3.05) is 0 Å². The number of carbonyl (C=O) groups is 1. The first-order valence-corrected chi connectivity index (χ1v) is 7.13. The van der Waals surface area contributed by atoms with Crippen LogP contribution in [0.15, 0.2) is 12.1 Å². The molecule has 0 saturated heterocycles. The van der Waals surface area contributed by atoms with Crippen molar-refractivity contribution >= 4 is 51.2 Å². The summed E-state index contributed by atoms with van der Waals surface area (Å²) in [6.07, 6.45) is 0. The van der Waals surface area contributed by atoms with Gasteiger partial charge in [-0.2, -0.15) is 0 Å². The van der Waals surface area contributed by atoms with Gasteiger partial charge in [0, 0.05) is 8.86 Å². The fourth-order valence-corrected chi connectivity index (χ4v) is 3.28.